The first-order chi connectivity index (χ1) is 18.3. The first kappa shape index (κ1) is 28.5. The molecule has 2 atom stereocenters. The molecular weight excluding hydrogens is 476 g/mol. The van der Waals surface area contributed by atoms with Gasteiger partial charge in [0.2, 0.25) is 0 Å². The van der Waals surface area contributed by atoms with Gasteiger partial charge in [-0.1, -0.05) is 140 Å². The molecule has 4 rings (SSSR count). The van der Waals surface area contributed by atoms with E-state index in [0.717, 1.165) is 28.7 Å². The molecule has 0 saturated heterocycles. The largest absolute Gasteiger partial charge is 0.507 e. The van der Waals surface area contributed by atoms with Crippen LogP contribution in [0.15, 0.2) is 84.9 Å². The molecule has 0 aromatic heterocycles. The predicted octanol–water partition coefficient (Wildman–Crippen LogP) is 9.59. The van der Waals surface area contributed by atoms with Gasteiger partial charge in [-0.15, -0.1) is 0 Å². The summed E-state index contributed by atoms with van der Waals surface area (Å²) in [5.74, 6) is 0.904. The van der Waals surface area contributed by atoms with E-state index < -0.39 is 0 Å². The lowest BCUT2D eigenvalue weighted by Crippen LogP contribution is -2.15. The summed E-state index contributed by atoms with van der Waals surface area (Å²) >= 11 is 0. The van der Waals surface area contributed by atoms with E-state index in [4.69, 9.17) is 0 Å². The van der Waals surface area contributed by atoms with Gasteiger partial charge in [-0.05, 0) is 50.6 Å². The van der Waals surface area contributed by atoms with E-state index in [1.165, 1.54) is 22.3 Å². The maximum absolute atomic E-state index is 11.4. The summed E-state index contributed by atoms with van der Waals surface area (Å²) in [5, 5.41) is 22.9. The number of phenols is 2. The number of hydrogen-bond acceptors (Lipinski definition) is 2. The molecule has 2 nitrogen and oxygen atoms in total. The average Bonchev–Trinajstić information content (AvgIpc) is 2.89. The molecular formula is C37H44O2. The van der Waals surface area contributed by atoms with Crippen LogP contribution in [-0.2, 0) is 17.3 Å². The highest BCUT2D eigenvalue weighted by molar-refractivity contribution is 5.54. The number of rotatable bonds is 6. The molecule has 0 heterocycles. The van der Waals surface area contributed by atoms with Crippen molar-refractivity contribution in [1.29, 1.82) is 0 Å². The molecule has 0 saturated carbocycles. The van der Waals surface area contributed by atoms with E-state index in [1.54, 1.807) is 0 Å². The fourth-order valence-corrected chi connectivity index (χ4v) is 5.52. The molecule has 0 aliphatic rings. The van der Waals surface area contributed by atoms with Crippen LogP contribution in [-0.4, -0.2) is 10.2 Å². The van der Waals surface area contributed by atoms with Gasteiger partial charge in [0.1, 0.15) is 11.5 Å². The van der Waals surface area contributed by atoms with Gasteiger partial charge in [0, 0.05) is 23.0 Å². The van der Waals surface area contributed by atoms with Gasteiger partial charge in [0.15, 0.2) is 0 Å². The van der Waals surface area contributed by atoms with Crippen molar-refractivity contribution in [1.82, 2.24) is 0 Å². The minimum atomic E-state index is -0.205. The lowest BCUT2D eigenvalue weighted by atomic mass is 9.79. The second-order valence-electron chi connectivity index (χ2n) is 13.1. The predicted molar refractivity (Wildman–Crippen MR) is 164 cm³/mol. The van der Waals surface area contributed by atoms with Gasteiger partial charge in [-0.3, -0.25) is 0 Å². The molecule has 0 aliphatic heterocycles. The third kappa shape index (κ3) is 6.22. The molecule has 4 aromatic carbocycles. The third-order valence-electron chi connectivity index (χ3n) is 7.95. The highest BCUT2D eigenvalue weighted by atomic mass is 16.3. The van der Waals surface area contributed by atoms with Gasteiger partial charge < -0.3 is 10.2 Å². The quantitative estimate of drug-likeness (QED) is 0.266. The summed E-state index contributed by atoms with van der Waals surface area (Å²) in [4.78, 5) is 0. The van der Waals surface area contributed by atoms with Crippen LogP contribution in [0.4, 0.5) is 0 Å². The Hall–Kier alpha value is -3.52. The van der Waals surface area contributed by atoms with Crippen molar-refractivity contribution in [3.8, 4) is 11.5 Å². The van der Waals surface area contributed by atoms with Crippen LogP contribution in [0.25, 0.3) is 0 Å². The Morgan fingerprint density at radius 3 is 1.18 bits per heavy atom. The fraction of sp³-hybridized carbons (Fsp3) is 0.351. The van der Waals surface area contributed by atoms with Gasteiger partial charge in [0.25, 0.3) is 0 Å². The van der Waals surface area contributed by atoms with Crippen LogP contribution in [0, 0.1) is 0 Å². The smallest absolute Gasteiger partial charge is 0.123 e. The summed E-state index contributed by atoms with van der Waals surface area (Å²) in [6, 6.07) is 29.4. The SMILES string of the molecule is CC(c1ccccc1)c1cc(Cc2cc(C(C)c3ccccc3)c(O)c(C(C)(C)C)c2)cc(C(C)(C)C)c1O. The number of phenolic OH excluding ortho intramolecular Hbond substituents is 2. The normalized spacial score (nSPS) is 13.7. The summed E-state index contributed by atoms with van der Waals surface area (Å²) in [6.45, 7) is 17.3. The first-order valence-corrected chi connectivity index (χ1v) is 14.1. The van der Waals surface area contributed by atoms with E-state index in [0.29, 0.717) is 11.5 Å². The van der Waals surface area contributed by atoms with E-state index in [-0.39, 0.29) is 22.7 Å². The van der Waals surface area contributed by atoms with Crippen molar-refractivity contribution in [2.24, 2.45) is 0 Å². The molecule has 39 heavy (non-hydrogen) atoms. The van der Waals surface area contributed by atoms with E-state index in [1.807, 2.05) is 12.1 Å². The lowest BCUT2D eigenvalue weighted by Gasteiger charge is -2.27. The van der Waals surface area contributed by atoms with Gasteiger partial charge in [-0.2, -0.15) is 0 Å². The van der Waals surface area contributed by atoms with E-state index in [9.17, 15) is 10.2 Å². The minimum absolute atomic E-state index is 0.0610. The van der Waals surface area contributed by atoms with Gasteiger partial charge in [0.05, 0.1) is 0 Å². The molecule has 4 aromatic rings. The van der Waals surface area contributed by atoms with E-state index >= 15 is 0 Å². The maximum Gasteiger partial charge on any atom is 0.123 e. The zero-order valence-electron chi connectivity index (χ0n) is 24.8. The second kappa shape index (κ2) is 10.9. The van der Waals surface area contributed by atoms with Crippen LogP contribution >= 0.6 is 0 Å². The molecule has 2 heteroatoms. The Labute approximate surface area is 235 Å². The Morgan fingerprint density at radius 1 is 0.538 bits per heavy atom. The number of hydrogen-bond donors (Lipinski definition) is 2. The van der Waals surface area contributed by atoms with Crippen molar-refractivity contribution in [2.45, 2.75) is 84.5 Å². The van der Waals surface area contributed by atoms with Crippen molar-refractivity contribution in [2.75, 3.05) is 0 Å². The van der Waals surface area contributed by atoms with Crippen LogP contribution in [0.2, 0.25) is 0 Å². The fourth-order valence-electron chi connectivity index (χ4n) is 5.52. The average molecular weight is 521 g/mol. The highest BCUT2D eigenvalue weighted by Crippen LogP contribution is 2.42. The maximum atomic E-state index is 11.4. The molecule has 0 aliphatic carbocycles. The Kier molecular flexibility index (Phi) is 7.98. The topological polar surface area (TPSA) is 40.5 Å². The Morgan fingerprint density at radius 2 is 0.872 bits per heavy atom. The Balaban J connectivity index is 1.85. The minimum Gasteiger partial charge on any atom is -0.507 e. The molecule has 0 amide bonds. The summed E-state index contributed by atoms with van der Waals surface area (Å²) < 4.78 is 0. The van der Waals surface area contributed by atoms with Crippen LogP contribution in [0.1, 0.15) is 112 Å². The summed E-state index contributed by atoms with van der Waals surface area (Å²) in [7, 11) is 0. The van der Waals surface area contributed by atoms with Gasteiger partial charge >= 0.3 is 0 Å². The van der Waals surface area contributed by atoms with Crippen LogP contribution in [0.3, 0.4) is 0 Å². The number of benzene rings is 4. The summed E-state index contributed by atoms with van der Waals surface area (Å²) in [5.41, 5.74) is 8.13. The van der Waals surface area contributed by atoms with Crippen LogP contribution in [0.5, 0.6) is 11.5 Å². The molecule has 0 fully saturated rings. The molecule has 0 bridgehead atoms. The molecule has 2 N–H and O–H groups in total. The van der Waals surface area contributed by atoms with Gasteiger partial charge in [-0.25, -0.2) is 0 Å². The van der Waals surface area contributed by atoms with E-state index in [2.05, 4.69) is 128 Å². The van der Waals surface area contributed by atoms with Crippen molar-refractivity contribution >= 4 is 0 Å². The Bertz CT molecular complexity index is 1310. The van der Waals surface area contributed by atoms with Crippen molar-refractivity contribution < 1.29 is 10.2 Å². The van der Waals surface area contributed by atoms with Crippen LogP contribution < -0.4 is 0 Å². The monoisotopic (exact) mass is 520 g/mol. The zero-order valence-corrected chi connectivity index (χ0v) is 24.8. The standard InChI is InChI=1S/C37H44O2/c1-24(28-15-11-9-12-16-28)30-20-26(22-32(34(30)38)36(3,4)5)19-27-21-31(25(2)29-17-13-10-14-18-29)35(39)33(23-27)37(6,7)8/h9-18,20-25,38-39H,19H2,1-8H3. The summed E-state index contributed by atoms with van der Waals surface area (Å²) in [6.07, 6.45) is 0.718. The second-order valence-corrected chi connectivity index (χ2v) is 13.1. The molecule has 2 unspecified atom stereocenters. The third-order valence-corrected chi connectivity index (χ3v) is 7.95. The number of aromatic hydroxyl groups is 2. The lowest BCUT2D eigenvalue weighted by molar-refractivity contribution is 0.438. The van der Waals surface area contributed by atoms with Crippen molar-refractivity contribution in [3.63, 3.8) is 0 Å². The first-order valence-electron chi connectivity index (χ1n) is 14.1. The van der Waals surface area contributed by atoms with Crippen molar-refractivity contribution in [3.05, 3.63) is 129 Å². The molecule has 0 spiro atoms. The molecule has 204 valence electrons. The highest BCUT2D eigenvalue weighted by Gasteiger charge is 2.26. The molecule has 0 radical (unpaired) electrons. The zero-order chi connectivity index (χ0) is 28.5.